The second-order valence-corrected chi connectivity index (χ2v) is 6.70. The van der Waals surface area contributed by atoms with E-state index in [1.165, 1.54) is 11.1 Å². The minimum absolute atomic E-state index is 0.0125. The summed E-state index contributed by atoms with van der Waals surface area (Å²) in [6, 6.07) is 16.2. The molecule has 2 aromatic carbocycles. The molecule has 4 nitrogen and oxygen atoms in total. The van der Waals surface area contributed by atoms with Crippen LogP contribution in [0.15, 0.2) is 48.5 Å². The predicted octanol–water partition coefficient (Wildman–Crippen LogP) is 3.33. The highest BCUT2D eigenvalue weighted by Gasteiger charge is 2.35. The summed E-state index contributed by atoms with van der Waals surface area (Å²) in [4.78, 5) is 15.0. The van der Waals surface area contributed by atoms with E-state index in [0.717, 1.165) is 30.8 Å². The lowest BCUT2D eigenvalue weighted by Gasteiger charge is -2.40. The summed E-state index contributed by atoms with van der Waals surface area (Å²) in [5, 5.41) is 0. The van der Waals surface area contributed by atoms with Crippen LogP contribution in [-0.2, 0) is 16.0 Å². The molecule has 0 radical (unpaired) electrons. The van der Waals surface area contributed by atoms with E-state index in [1.807, 2.05) is 30.3 Å². The van der Waals surface area contributed by atoms with E-state index in [1.54, 1.807) is 7.11 Å². The standard InChI is InChI=1S/C21H23NO3/c1-24-17-9-6-16(7-10-17)20-14-22(12-13-25-20)21-18-5-3-2-4-15(18)8-11-19(21)23/h2-7,9-10,20-21H,8,11-14H2,1H3. The maximum atomic E-state index is 12.7. The normalized spacial score (nSPS) is 24.0. The van der Waals surface area contributed by atoms with Gasteiger partial charge in [-0.15, -0.1) is 0 Å². The van der Waals surface area contributed by atoms with Gasteiger partial charge in [0.25, 0.3) is 0 Å². The maximum absolute atomic E-state index is 12.7. The molecule has 1 aliphatic heterocycles. The molecule has 4 heteroatoms. The second-order valence-electron chi connectivity index (χ2n) is 6.70. The van der Waals surface area contributed by atoms with Gasteiger partial charge in [0, 0.05) is 19.5 Å². The van der Waals surface area contributed by atoms with Crippen LogP contribution in [0.25, 0.3) is 0 Å². The van der Waals surface area contributed by atoms with Crippen LogP contribution >= 0.6 is 0 Å². The Morgan fingerprint density at radius 1 is 1.08 bits per heavy atom. The van der Waals surface area contributed by atoms with Crippen molar-refractivity contribution in [1.29, 1.82) is 0 Å². The van der Waals surface area contributed by atoms with Crippen LogP contribution in [0.3, 0.4) is 0 Å². The average molecular weight is 337 g/mol. The number of aryl methyl sites for hydroxylation is 1. The molecule has 130 valence electrons. The zero-order valence-corrected chi connectivity index (χ0v) is 14.5. The van der Waals surface area contributed by atoms with Gasteiger partial charge in [0.05, 0.1) is 25.9 Å². The van der Waals surface area contributed by atoms with E-state index in [4.69, 9.17) is 9.47 Å². The first-order valence-electron chi connectivity index (χ1n) is 8.86. The van der Waals surface area contributed by atoms with E-state index in [2.05, 4.69) is 23.1 Å². The number of carbonyl (C=O) groups is 1. The predicted molar refractivity (Wildman–Crippen MR) is 95.8 cm³/mol. The van der Waals surface area contributed by atoms with Gasteiger partial charge in [-0.2, -0.15) is 0 Å². The molecular formula is C21H23NO3. The molecule has 0 spiro atoms. The fraction of sp³-hybridized carbons (Fsp3) is 0.381. The van der Waals surface area contributed by atoms with Crippen LogP contribution in [0.5, 0.6) is 5.75 Å². The van der Waals surface area contributed by atoms with Gasteiger partial charge in [-0.3, -0.25) is 9.69 Å². The van der Waals surface area contributed by atoms with Crippen LogP contribution in [0.2, 0.25) is 0 Å². The number of benzene rings is 2. The van der Waals surface area contributed by atoms with Gasteiger partial charge in [0.15, 0.2) is 5.78 Å². The summed E-state index contributed by atoms with van der Waals surface area (Å²) in [5.41, 5.74) is 3.61. The number of nitrogens with zero attached hydrogens (tertiary/aromatic N) is 1. The van der Waals surface area contributed by atoms with Crippen molar-refractivity contribution in [3.8, 4) is 5.75 Å². The Hall–Kier alpha value is -2.17. The summed E-state index contributed by atoms with van der Waals surface area (Å²) in [7, 11) is 1.67. The Labute approximate surface area is 148 Å². The molecule has 1 heterocycles. The zero-order valence-electron chi connectivity index (χ0n) is 14.5. The number of Topliss-reactive ketones (excluding diaryl/α,β-unsaturated/α-hetero) is 1. The van der Waals surface area contributed by atoms with E-state index in [9.17, 15) is 4.79 Å². The number of hydrogen-bond acceptors (Lipinski definition) is 4. The summed E-state index contributed by atoms with van der Waals surface area (Å²) in [6.07, 6.45) is 1.48. The highest BCUT2D eigenvalue weighted by Crippen LogP contribution is 2.35. The largest absolute Gasteiger partial charge is 0.497 e. The fourth-order valence-electron chi connectivity index (χ4n) is 3.92. The molecule has 2 aliphatic rings. The van der Waals surface area contributed by atoms with Crippen LogP contribution < -0.4 is 4.74 Å². The monoisotopic (exact) mass is 337 g/mol. The topological polar surface area (TPSA) is 38.8 Å². The SMILES string of the molecule is COc1ccc(C2CN(C3C(=O)CCc4ccccc43)CCO2)cc1. The van der Waals surface area contributed by atoms with Crippen molar-refractivity contribution in [2.24, 2.45) is 0 Å². The number of ketones is 1. The minimum Gasteiger partial charge on any atom is -0.497 e. The summed E-state index contributed by atoms with van der Waals surface area (Å²) in [5.74, 6) is 1.17. The van der Waals surface area contributed by atoms with Crippen LogP contribution in [-0.4, -0.2) is 37.5 Å². The van der Waals surface area contributed by atoms with E-state index < -0.39 is 0 Å². The average Bonchev–Trinajstić information content (AvgIpc) is 2.68. The number of morpholine rings is 1. The van der Waals surface area contributed by atoms with Crippen LogP contribution in [0.1, 0.15) is 35.3 Å². The lowest BCUT2D eigenvalue weighted by molar-refractivity contribution is -0.129. The van der Waals surface area contributed by atoms with E-state index >= 15 is 0 Å². The van der Waals surface area contributed by atoms with Gasteiger partial charge in [0.2, 0.25) is 0 Å². The zero-order chi connectivity index (χ0) is 17.2. The molecule has 2 atom stereocenters. The molecule has 1 fully saturated rings. The Morgan fingerprint density at radius 2 is 1.88 bits per heavy atom. The van der Waals surface area contributed by atoms with Gasteiger partial charge in [-0.05, 0) is 35.2 Å². The minimum atomic E-state index is -0.130. The number of fused-ring (bicyclic) bond motifs is 1. The van der Waals surface area contributed by atoms with Crippen LogP contribution in [0, 0.1) is 0 Å². The molecule has 2 unspecified atom stereocenters. The number of ether oxygens (including phenoxy) is 2. The first-order valence-corrected chi connectivity index (χ1v) is 8.86. The van der Waals surface area contributed by atoms with E-state index in [-0.39, 0.29) is 12.1 Å². The number of rotatable bonds is 3. The third-order valence-electron chi connectivity index (χ3n) is 5.25. The van der Waals surface area contributed by atoms with Crippen molar-refractivity contribution in [2.75, 3.05) is 26.8 Å². The first kappa shape index (κ1) is 16.3. The molecule has 2 aromatic rings. The summed E-state index contributed by atoms with van der Waals surface area (Å²) >= 11 is 0. The van der Waals surface area contributed by atoms with Crippen molar-refractivity contribution in [2.45, 2.75) is 25.0 Å². The Morgan fingerprint density at radius 3 is 2.68 bits per heavy atom. The number of hydrogen-bond donors (Lipinski definition) is 0. The summed E-state index contributed by atoms with van der Waals surface area (Å²) in [6.45, 7) is 2.16. The number of methoxy groups -OCH3 is 1. The lowest BCUT2D eigenvalue weighted by atomic mass is 9.85. The van der Waals surface area contributed by atoms with Crippen molar-refractivity contribution in [3.63, 3.8) is 0 Å². The van der Waals surface area contributed by atoms with Crippen molar-refractivity contribution in [3.05, 3.63) is 65.2 Å². The van der Waals surface area contributed by atoms with Crippen molar-refractivity contribution in [1.82, 2.24) is 4.90 Å². The molecular weight excluding hydrogens is 314 g/mol. The van der Waals surface area contributed by atoms with Gasteiger partial charge < -0.3 is 9.47 Å². The highest BCUT2D eigenvalue weighted by molar-refractivity contribution is 5.87. The second kappa shape index (κ2) is 6.98. The van der Waals surface area contributed by atoms with Gasteiger partial charge >= 0.3 is 0 Å². The quantitative estimate of drug-likeness (QED) is 0.861. The first-order chi connectivity index (χ1) is 12.3. The Balaban J connectivity index is 1.57. The third kappa shape index (κ3) is 3.20. The molecule has 0 saturated carbocycles. The molecule has 0 amide bonds. The Bertz CT molecular complexity index is 756. The molecule has 0 N–H and O–H groups in total. The van der Waals surface area contributed by atoms with Crippen molar-refractivity contribution < 1.29 is 14.3 Å². The smallest absolute Gasteiger partial charge is 0.154 e. The fourth-order valence-corrected chi connectivity index (χ4v) is 3.92. The van der Waals surface area contributed by atoms with Crippen LogP contribution in [0.4, 0.5) is 0 Å². The highest BCUT2D eigenvalue weighted by atomic mass is 16.5. The lowest BCUT2D eigenvalue weighted by Crippen LogP contribution is -2.44. The molecule has 4 rings (SSSR count). The molecule has 1 aliphatic carbocycles. The van der Waals surface area contributed by atoms with Crippen molar-refractivity contribution >= 4 is 5.78 Å². The van der Waals surface area contributed by atoms with Gasteiger partial charge in [-0.25, -0.2) is 0 Å². The van der Waals surface area contributed by atoms with E-state index in [0.29, 0.717) is 18.8 Å². The summed E-state index contributed by atoms with van der Waals surface area (Å²) < 4.78 is 11.2. The maximum Gasteiger partial charge on any atom is 0.154 e. The molecule has 1 saturated heterocycles. The number of carbonyl (C=O) groups excluding carboxylic acids is 1. The molecule has 0 aromatic heterocycles. The Kier molecular flexibility index (Phi) is 4.55. The van der Waals surface area contributed by atoms with Gasteiger partial charge in [0.1, 0.15) is 5.75 Å². The molecule has 25 heavy (non-hydrogen) atoms. The third-order valence-corrected chi connectivity index (χ3v) is 5.25. The van der Waals surface area contributed by atoms with Gasteiger partial charge in [-0.1, -0.05) is 36.4 Å². The molecule has 0 bridgehead atoms.